The SMILES string of the molecule is COc1cccc(/C=N\NC(=O)c2cc(-c3ccccc3)n[nH]2)c1OC. The molecule has 0 saturated carbocycles. The number of rotatable bonds is 6. The van der Waals surface area contributed by atoms with Crippen LogP contribution >= 0.6 is 0 Å². The highest BCUT2D eigenvalue weighted by molar-refractivity contribution is 5.94. The lowest BCUT2D eigenvalue weighted by Crippen LogP contribution is -2.18. The lowest BCUT2D eigenvalue weighted by atomic mass is 10.1. The molecule has 2 aromatic carbocycles. The maximum absolute atomic E-state index is 12.2. The van der Waals surface area contributed by atoms with Gasteiger partial charge in [0, 0.05) is 11.1 Å². The number of carbonyl (C=O) groups excluding carboxylic acids is 1. The predicted octanol–water partition coefficient (Wildman–Crippen LogP) is 2.86. The van der Waals surface area contributed by atoms with Crippen LogP contribution in [-0.4, -0.2) is 36.5 Å². The van der Waals surface area contributed by atoms with Crippen molar-refractivity contribution in [2.75, 3.05) is 14.2 Å². The molecular formula is C19H18N4O3. The number of ether oxygens (including phenoxy) is 2. The zero-order valence-corrected chi connectivity index (χ0v) is 14.4. The Morgan fingerprint density at radius 2 is 1.92 bits per heavy atom. The topological polar surface area (TPSA) is 88.6 Å². The Hall–Kier alpha value is -3.61. The average molecular weight is 350 g/mol. The molecule has 0 saturated heterocycles. The number of para-hydroxylation sites is 1. The maximum Gasteiger partial charge on any atom is 0.289 e. The van der Waals surface area contributed by atoms with Crippen LogP contribution in [0.2, 0.25) is 0 Å². The first-order chi connectivity index (χ1) is 12.7. The molecule has 0 bridgehead atoms. The first-order valence-corrected chi connectivity index (χ1v) is 7.88. The molecule has 132 valence electrons. The lowest BCUT2D eigenvalue weighted by molar-refractivity contribution is 0.0950. The molecule has 1 amide bonds. The van der Waals surface area contributed by atoms with E-state index in [2.05, 4.69) is 20.7 Å². The summed E-state index contributed by atoms with van der Waals surface area (Å²) in [4.78, 5) is 12.2. The second-order valence-corrected chi connectivity index (χ2v) is 5.31. The normalized spacial score (nSPS) is 10.7. The molecule has 1 heterocycles. The van der Waals surface area contributed by atoms with Crippen LogP contribution in [-0.2, 0) is 0 Å². The van der Waals surface area contributed by atoms with E-state index >= 15 is 0 Å². The van der Waals surface area contributed by atoms with Gasteiger partial charge in [-0.05, 0) is 18.2 Å². The van der Waals surface area contributed by atoms with Crippen LogP contribution in [0.5, 0.6) is 11.5 Å². The molecule has 0 atom stereocenters. The number of hydrogen-bond acceptors (Lipinski definition) is 5. The van der Waals surface area contributed by atoms with Crippen molar-refractivity contribution >= 4 is 12.1 Å². The largest absolute Gasteiger partial charge is 0.493 e. The summed E-state index contributed by atoms with van der Waals surface area (Å²) in [7, 11) is 3.10. The first-order valence-electron chi connectivity index (χ1n) is 7.88. The van der Waals surface area contributed by atoms with Gasteiger partial charge in [-0.25, -0.2) is 5.43 Å². The van der Waals surface area contributed by atoms with Crippen molar-refractivity contribution in [3.05, 3.63) is 65.9 Å². The van der Waals surface area contributed by atoms with Gasteiger partial charge in [-0.1, -0.05) is 36.4 Å². The number of hydrazone groups is 1. The second-order valence-electron chi connectivity index (χ2n) is 5.31. The van der Waals surface area contributed by atoms with Crippen molar-refractivity contribution in [1.29, 1.82) is 0 Å². The number of aromatic nitrogens is 2. The van der Waals surface area contributed by atoms with Gasteiger partial charge in [0.1, 0.15) is 5.69 Å². The van der Waals surface area contributed by atoms with Gasteiger partial charge in [0.15, 0.2) is 11.5 Å². The molecular weight excluding hydrogens is 332 g/mol. The summed E-state index contributed by atoms with van der Waals surface area (Å²) in [6.07, 6.45) is 1.49. The van der Waals surface area contributed by atoms with E-state index in [4.69, 9.17) is 9.47 Å². The molecule has 3 aromatic rings. The molecule has 3 rings (SSSR count). The Morgan fingerprint density at radius 1 is 1.12 bits per heavy atom. The summed E-state index contributed by atoms with van der Waals surface area (Å²) >= 11 is 0. The first kappa shape index (κ1) is 17.2. The summed E-state index contributed by atoms with van der Waals surface area (Å²) in [6, 6.07) is 16.7. The molecule has 0 aliphatic rings. The summed E-state index contributed by atoms with van der Waals surface area (Å²) in [5.41, 5.74) is 5.08. The molecule has 2 N–H and O–H groups in total. The molecule has 7 nitrogen and oxygen atoms in total. The third-order valence-electron chi connectivity index (χ3n) is 3.70. The molecule has 0 radical (unpaired) electrons. The minimum Gasteiger partial charge on any atom is -0.493 e. The Kier molecular flexibility index (Phi) is 5.28. The van der Waals surface area contributed by atoms with Gasteiger partial charge in [0.2, 0.25) is 0 Å². The van der Waals surface area contributed by atoms with E-state index in [0.717, 1.165) is 5.56 Å². The number of H-pyrrole nitrogens is 1. The van der Waals surface area contributed by atoms with E-state index in [1.807, 2.05) is 36.4 Å². The number of hydrogen-bond donors (Lipinski definition) is 2. The van der Waals surface area contributed by atoms with E-state index < -0.39 is 5.91 Å². The van der Waals surface area contributed by atoms with Gasteiger partial charge < -0.3 is 9.47 Å². The van der Waals surface area contributed by atoms with E-state index in [-0.39, 0.29) is 0 Å². The summed E-state index contributed by atoms with van der Waals surface area (Å²) < 4.78 is 10.5. The van der Waals surface area contributed by atoms with Gasteiger partial charge in [0.05, 0.1) is 26.1 Å². The second kappa shape index (κ2) is 7.98. The predicted molar refractivity (Wildman–Crippen MR) is 98.6 cm³/mol. The Labute approximate surface area is 150 Å². The highest BCUT2D eigenvalue weighted by Gasteiger charge is 2.11. The van der Waals surface area contributed by atoms with Crippen molar-refractivity contribution in [2.24, 2.45) is 5.10 Å². The number of aromatic amines is 1. The monoisotopic (exact) mass is 350 g/mol. The Bertz CT molecular complexity index is 920. The number of methoxy groups -OCH3 is 2. The Balaban J connectivity index is 1.70. The standard InChI is InChI=1S/C19H18N4O3/c1-25-17-10-6-9-14(18(17)26-2)12-20-23-19(24)16-11-15(21-22-16)13-7-4-3-5-8-13/h3-12H,1-2H3,(H,21,22)(H,23,24)/b20-12-. The Morgan fingerprint density at radius 3 is 2.65 bits per heavy atom. The van der Waals surface area contributed by atoms with Crippen LogP contribution in [0.3, 0.4) is 0 Å². The molecule has 7 heteroatoms. The van der Waals surface area contributed by atoms with Gasteiger partial charge in [-0.15, -0.1) is 0 Å². The van der Waals surface area contributed by atoms with Crippen molar-refractivity contribution < 1.29 is 14.3 Å². The molecule has 0 unspecified atom stereocenters. The van der Waals surface area contributed by atoms with Crippen LogP contribution in [0, 0.1) is 0 Å². The van der Waals surface area contributed by atoms with Crippen LogP contribution in [0.15, 0.2) is 59.7 Å². The number of benzene rings is 2. The van der Waals surface area contributed by atoms with Crippen molar-refractivity contribution in [3.63, 3.8) is 0 Å². The van der Waals surface area contributed by atoms with Gasteiger partial charge >= 0.3 is 0 Å². The van der Waals surface area contributed by atoms with E-state index in [1.54, 1.807) is 32.4 Å². The molecule has 0 fully saturated rings. The van der Waals surface area contributed by atoms with Gasteiger partial charge in [0.25, 0.3) is 5.91 Å². The fourth-order valence-corrected chi connectivity index (χ4v) is 2.43. The van der Waals surface area contributed by atoms with Crippen LogP contribution in [0.4, 0.5) is 0 Å². The summed E-state index contributed by atoms with van der Waals surface area (Å²) in [5, 5.41) is 10.8. The van der Waals surface area contributed by atoms with Crippen LogP contribution in [0.1, 0.15) is 16.1 Å². The van der Waals surface area contributed by atoms with Gasteiger partial charge in [-0.2, -0.15) is 10.2 Å². The number of amides is 1. The van der Waals surface area contributed by atoms with Crippen LogP contribution in [0.25, 0.3) is 11.3 Å². The van der Waals surface area contributed by atoms with Crippen molar-refractivity contribution in [1.82, 2.24) is 15.6 Å². The fourth-order valence-electron chi connectivity index (χ4n) is 2.43. The van der Waals surface area contributed by atoms with Crippen LogP contribution < -0.4 is 14.9 Å². The molecule has 0 spiro atoms. The van der Waals surface area contributed by atoms with Crippen molar-refractivity contribution in [3.8, 4) is 22.8 Å². The van der Waals surface area contributed by atoms with Gasteiger partial charge in [-0.3, -0.25) is 9.89 Å². The van der Waals surface area contributed by atoms with E-state index in [0.29, 0.717) is 28.5 Å². The molecule has 0 aliphatic heterocycles. The third kappa shape index (κ3) is 3.72. The summed E-state index contributed by atoms with van der Waals surface area (Å²) in [5.74, 6) is 0.738. The van der Waals surface area contributed by atoms with Crippen molar-refractivity contribution in [2.45, 2.75) is 0 Å². The van der Waals surface area contributed by atoms with E-state index in [9.17, 15) is 4.79 Å². The highest BCUT2D eigenvalue weighted by atomic mass is 16.5. The highest BCUT2D eigenvalue weighted by Crippen LogP contribution is 2.29. The molecule has 0 aliphatic carbocycles. The number of nitrogens with zero attached hydrogens (tertiary/aromatic N) is 2. The smallest absolute Gasteiger partial charge is 0.289 e. The minimum atomic E-state index is -0.391. The lowest BCUT2D eigenvalue weighted by Gasteiger charge is -2.09. The quantitative estimate of drug-likeness (QED) is 0.528. The minimum absolute atomic E-state index is 0.318. The zero-order chi connectivity index (χ0) is 18.4. The number of nitrogens with one attached hydrogen (secondary N) is 2. The third-order valence-corrected chi connectivity index (χ3v) is 3.70. The number of carbonyl (C=O) groups is 1. The fraction of sp³-hybridized carbons (Fsp3) is 0.105. The molecule has 26 heavy (non-hydrogen) atoms. The average Bonchev–Trinajstić information content (AvgIpc) is 3.18. The molecule has 1 aromatic heterocycles. The zero-order valence-electron chi connectivity index (χ0n) is 14.4. The maximum atomic E-state index is 12.2. The van der Waals surface area contributed by atoms with E-state index in [1.165, 1.54) is 6.21 Å². The summed E-state index contributed by atoms with van der Waals surface area (Å²) in [6.45, 7) is 0.